The van der Waals surface area contributed by atoms with Crippen LogP contribution >= 0.6 is 0 Å². The van der Waals surface area contributed by atoms with Gasteiger partial charge < -0.3 is 5.32 Å². The van der Waals surface area contributed by atoms with Crippen molar-refractivity contribution in [2.24, 2.45) is 5.92 Å². The van der Waals surface area contributed by atoms with Crippen molar-refractivity contribution in [1.29, 1.82) is 0 Å². The minimum absolute atomic E-state index is 0.157. The third-order valence-corrected chi connectivity index (χ3v) is 4.44. The van der Waals surface area contributed by atoms with Crippen LogP contribution in [0, 0.1) is 11.7 Å². The quantitative estimate of drug-likeness (QED) is 0.885. The lowest BCUT2D eigenvalue weighted by Gasteiger charge is -2.37. The summed E-state index contributed by atoms with van der Waals surface area (Å²) in [7, 11) is 0. The summed E-state index contributed by atoms with van der Waals surface area (Å²) < 4.78 is 13.1. The molecule has 3 heteroatoms. The van der Waals surface area contributed by atoms with E-state index in [0.29, 0.717) is 12.1 Å². The van der Waals surface area contributed by atoms with Crippen molar-refractivity contribution in [3.63, 3.8) is 0 Å². The molecule has 2 rings (SSSR count). The Hall–Kier alpha value is -0.930. The molecule has 2 nitrogen and oxygen atoms in total. The number of hydrogen-bond donors (Lipinski definition) is 1. The summed E-state index contributed by atoms with van der Waals surface area (Å²) in [5.74, 6) is 0.622. The van der Waals surface area contributed by atoms with Crippen LogP contribution in [-0.2, 0) is 0 Å². The largest absolute Gasteiger partial charge is 0.317 e. The molecule has 1 aliphatic heterocycles. The van der Waals surface area contributed by atoms with Gasteiger partial charge in [-0.15, -0.1) is 0 Å². The molecule has 1 atom stereocenters. The molecule has 1 aromatic carbocycles. The Balaban J connectivity index is 2.04. The van der Waals surface area contributed by atoms with Crippen molar-refractivity contribution >= 4 is 0 Å². The molecule has 1 aromatic rings. The standard InChI is InChI=1S/C17H27FN2/c1-13(2)20(12-15-8-10-19-11-9-15)14(3)16-4-6-17(18)7-5-16/h4-7,13-15,19H,8-12H2,1-3H3. The molecule has 0 bridgehead atoms. The fraction of sp³-hybridized carbons (Fsp3) is 0.647. The summed E-state index contributed by atoms with van der Waals surface area (Å²) in [4.78, 5) is 2.54. The van der Waals surface area contributed by atoms with E-state index in [9.17, 15) is 4.39 Å². The lowest BCUT2D eigenvalue weighted by molar-refractivity contribution is 0.125. The van der Waals surface area contributed by atoms with E-state index in [0.717, 1.165) is 25.6 Å². The molecule has 1 unspecified atom stereocenters. The maximum absolute atomic E-state index is 13.1. The van der Waals surface area contributed by atoms with E-state index >= 15 is 0 Å². The van der Waals surface area contributed by atoms with Gasteiger partial charge in [-0.05, 0) is 70.3 Å². The number of nitrogens with one attached hydrogen (secondary N) is 1. The Morgan fingerprint density at radius 1 is 1.15 bits per heavy atom. The topological polar surface area (TPSA) is 15.3 Å². The molecule has 1 aliphatic rings. The minimum atomic E-state index is -0.157. The lowest BCUT2D eigenvalue weighted by Crippen LogP contribution is -2.40. The smallest absolute Gasteiger partial charge is 0.123 e. The first-order valence-corrected chi connectivity index (χ1v) is 7.80. The zero-order valence-corrected chi connectivity index (χ0v) is 12.9. The lowest BCUT2D eigenvalue weighted by atomic mass is 9.95. The second-order valence-electron chi connectivity index (χ2n) is 6.21. The zero-order chi connectivity index (χ0) is 14.5. The zero-order valence-electron chi connectivity index (χ0n) is 12.9. The normalized spacial score (nSPS) is 18.7. The molecule has 0 aliphatic carbocycles. The van der Waals surface area contributed by atoms with Crippen LogP contribution in [0.2, 0.25) is 0 Å². The van der Waals surface area contributed by atoms with Crippen LogP contribution in [0.1, 0.15) is 45.2 Å². The summed E-state index contributed by atoms with van der Waals surface area (Å²) in [6.45, 7) is 10.2. The van der Waals surface area contributed by atoms with Gasteiger partial charge in [0.15, 0.2) is 0 Å². The molecule has 0 amide bonds. The van der Waals surface area contributed by atoms with E-state index in [1.807, 2.05) is 12.1 Å². The van der Waals surface area contributed by atoms with Crippen LogP contribution in [0.5, 0.6) is 0 Å². The predicted molar refractivity (Wildman–Crippen MR) is 82.3 cm³/mol. The first kappa shape index (κ1) is 15.5. The first-order valence-electron chi connectivity index (χ1n) is 7.80. The molecule has 1 N–H and O–H groups in total. The highest BCUT2D eigenvalue weighted by Gasteiger charge is 2.23. The molecule has 20 heavy (non-hydrogen) atoms. The second kappa shape index (κ2) is 7.19. The van der Waals surface area contributed by atoms with Gasteiger partial charge in [-0.1, -0.05) is 12.1 Å². The summed E-state index contributed by atoms with van der Waals surface area (Å²) in [6.07, 6.45) is 2.53. The highest BCUT2D eigenvalue weighted by atomic mass is 19.1. The van der Waals surface area contributed by atoms with Gasteiger partial charge in [-0.2, -0.15) is 0 Å². The maximum atomic E-state index is 13.1. The van der Waals surface area contributed by atoms with Crippen LogP contribution in [0.15, 0.2) is 24.3 Å². The van der Waals surface area contributed by atoms with E-state index in [2.05, 4.69) is 31.0 Å². The van der Waals surface area contributed by atoms with Gasteiger partial charge in [-0.25, -0.2) is 4.39 Å². The highest BCUT2D eigenvalue weighted by molar-refractivity contribution is 5.19. The monoisotopic (exact) mass is 278 g/mol. The van der Waals surface area contributed by atoms with Crippen molar-refractivity contribution in [1.82, 2.24) is 10.2 Å². The molecule has 0 spiro atoms. The molecule has 0 radical (unpaired) electrons. The number of rotatable bonds is 5. The van der Waals surface area contributed by atoms with E-state index in [4.69, 9.17) is 0 Å². The van der Waals surface area contributed by atoms with Crippen LogP contribution in [0.25, 0.3) is 0 Å². The summed E-state index contributed by atoms with van der Waals surface area (Å²) in [6, 6.07) is 7.80. The van der Waals surface area contributed by atoms with Gasteiger partial charge in [-0.3, -0.25) is 4.90 Å². The van der Waals surface area contributed by atoms with Crippen molar-refractivity contribution in [3.8, 4) is 0 Å². The average Bonchev–Trinajstić information content (AvgIpc) is 2.45. The van der Waals surface area contributed by atoms with Crippen LogP contribution in [0.4, 0.5) is 4.39 Å². The SMILES string of the molecule is CC(C)N(CC1CCNCC1)C(C)c1ccc(F)cc1. The Labute approximate surface area is 122 Å². The molecule has 0 saturated carbocycles. The van der Waals surface area contributed by atoms with Gasteiger partial charge in [0, 0.05) is 18.6 Å². The Morgan fingerprint density at radius 3 is 2.30 bits per heavy atom. The second-order valence-corrected chi connectivity index (χ2v) is 6.21. The fourth-order valence-corrected chi connectivity index (χ4v) is 3.11. The predicted octanol–water partition coefficient (Wildman–Crippen LogP) is 3.60. The third-order valence-electron chi connectivity index (χ3n) is 4.44. The van der Waals surface area contributed by atoms with Crippen LogP contribution in [0.3, 0.4) is 0 Å². The van der Waals surface area contributed by atoms with Crippen molar-refractivity contribution in [3.05, 3.63) is 35.6 Å². The molecular weight excluding hydrogens is 251 g/mol. The molecule has 0 aromatic heterocycles. The van der Waals surface area contributed by atoms with Gasteiger partial charge in [0.1, 0.15) is 5.82 Å². The van der Waals surface area contributed by atoms with Crippen molar-refractivity contribution in [2.45, 2.75) is 45.7 Å². The van der Waals surface area contributed by atoms with Crippen LogP contribution < -0.4 is 5.32 Å². The molecule has 1 saturated heterocycles. The highest BCUT2D eigenvalue weighted by Crippen LogP contribution is 2.26. The summed E-state index contributed by atoms with van der Waals surface area (Å²) in [5, 5.41) is 3.42. The Bertz CT molecular complexity index is 396. The molecule has 1 fully saturated rings. The summed E-state index contributed by atoms with van der Waals surface area (Å²) in [5.41, 5.74) is 1.20. The van der Waals surface area contributed by atoms with Gasteiger partial charge in [0.2, 0.25) is 0 Å². The van der Waals surface area contributed by atoms with Gasteiger partial charge >= 0.3 is 0 Å². The Morgan fingerprint density at radius 2 is 1.75 bits per heavy atom. The Kier molecular flexibility index (Phi) is 5.55. The van der Waals surface area contributed by atoms with E-state index in [1.54, 1.807) is 12.1 Å². The van der Waals surface area contributed by atoms with E-state index < -0.39 is 0 Å². The number of hydrogen-bond acceptors (Lipinski definition) is 2. The summed E-state index contributed by atoms with van der Waals surface area (Å²) >= 11 is 0. The molecule has 1 heterocycles. The number of halogens is 1. The van der Waals surface area contributed by atoms with Gasteiger partial charge in [0.25, 0.3) is 0 Å². The molecule has 112 valence electrons. The number of benzene rings is 1. The maximum Gasteiger partial charge on any atom is 0.123 e. The van der Waals surface area contributed by atoms with Crippen molar-refractivity contribution < 1.29 is 4.39 Å². The third kappa shape index (κ3) is 4.03. The minimum Gasteiger partial charge on any atom is -0.317 e. The van der Waals surface area contributed by atoms with Crippen molar-refractivity contribution in [2.75, 3.05) is 19.6 Å². The first-order chi connectivity index (χ1) is 9.58. The number of nitrogens with zero attached hydrogens (tertiary/aromatic N) is 1. The molecular formula is C17H27FN2. The fourth-order valence-electron chi connectivity index (χ4n) is 3.11. The average molecular weight is 278 g/mol. The number of piperidine rings is 1. The van der Waals surface area contributed by atoms with Gasteiger partial charge in [0.05, 0.1) is 0 Å². The van der Waals surface area contributed by atoms with E-state index in [-0.39, 0.29) is 5.82 Å². The van der Waals surface area contributed by atoms with E-state index in [1.165, 1.54) is 18.4 Å². The van der Waals surface area contributed by atoms with Crippen LogP contribution in [-0.4, -0.2) is 30.6 Å².